The highest BCUT2D eigenvalue weighted by Crippen LogP contribution is 2.47. The largest absolute Gasteiger partial charge is 0.507 e. The van der Waals surface area contributed by atoms with Crippen LogP contribution in [-0.4, -0.2) is 45.2 Å². The molecule has 3 aromatic rings. The Morgan fingerprint density at radius 3 is 2.09 bits per heavy atom. The van der Waals surface area contributed by atoms with Crippen molar-refractivity contribution in [3.8, 4) is 23.0 Å². The lowest BCUT2D eigenvalue weighted by atomic mass is 9.97. The maximum atomic E-state index is 13.4. The van der Waals surface area contributed by atoms with Crippen LogP contribution in [0.25, 0.3) is 5.76 Å². The predicted octanol–water partition coefficient (Wildman–Crippen LogP) is 4.72. The van der Waals surface area contributed by atoms with Gasteiger partial charge < -0.3 is 24.1 Å². The lowest BCUT2D eigenvalue weighted by Gasteiger charge is -2.26. The maximum Gasteiger partial charge on any atom is 0.300 e. The summed E-state index contributed by atoms with van der Waals surface area (Å²) in [5, 5.41) is 13.3. The van der Waals surface area contributed by atoms with Crippen LogP contribution in [0.3, 0.4) is 0 Å². The van der Waals surface area contributed by atoms with Crippen LogP contribution in [0, 0.1) is 6.92 Å². The zero-order valence-electron chi connectivity index (χ0n) is 19.9. The number of anilines is 1. The fourth-order valence-electron chi connectivity index (χ4n) is 4.09. The minimum Gasteiger partial charge on any atom is -0.507 e. The van der Waals surface area contributed by atoms with Gasteiger partial charge in [0.1, 0.15) is 34.8 Å². The average Bonchev–Trinajstić information content (AvgIpc) is 3.42. The van der Waals surface area contributed by atoms with Crippen molar-refractivity contribution >= 4 is 34.5 Å². The lowest BCUT2D eigenvalue weighted by molar-refractivity contribution is -0.132. The summed E-state index contributed by atoms with van der Waals surface area (Å²) in [6.45, 7) is 1.89. The Kier molecular flexibility index (Phi) is 6.70. The molecule has 1 atom stereocenters. The number of ether oxygens (including phenoxy) is 4. The van der Waals surface area contributed by atoms with Gasteiger partial charge in [0.05, 0.1) is 45.3 Å². The Balaban J connectivity index is 2.00. The van der Waals surface area contributed by atoms with E-state index in [0.29, 0.717) is 28.7 Å². The topological polar surface area (TPSA) is 94.5 Å². The third kappa shape index (κ3) is 4.19. The van der Waals surface area contributed by atoms with Gasteiger partial charge in [-0.1, -0.05) is 0 Å². The molecule has 1 aromatic heterocycles. The number of hydrogen-bond donors (Lipinski definition) is 1. The van der Waals surface area contributed by atoms with Crippen molar-refractivity contribution in [2.24, 2.45) is 0 Å². The van der Waals surface area contributed by atoms with Gasteiger partial charge in [-0.3, -0.25) is 14.5 Å². The van der Waals surface area contributed by atoms with Gasteiger partial charge in [0, 0.05) is 23.1 Å². The molecule has 0 spiro atoms. The number of aliphatic hydroxyl groups is 1. The molecule has 2 aromatic carbocycles. The highest BCUT2D eigenvalue weighted by Gasteiger charge is 2.48. The molecule has 2 heterocycles. The first-order valence-corrected chi connectivity index (χ1v) is 11.5. The monoisotopic (exact) mass is 495 g/mol. The number of amides is 1. The van der Waals surface area contributed by atoms with Gasteiger partial charge in [-0.05, 0) is 42.1 Å². The molecule has 0 radical (unpaired) electrons. The van der Waals surface area contributed by atoms with Crippen molar-refractivity contribution < 1.29 is 33.6 Å². The molecule has 8 nitrogen and oxygen atoms in total. The second-order valence-electron chi connectivity index (χ2n) is 7.77. The third-order valence-corrected chi connectivity index (χ3v) is 6.94. The van der Waals surface area contributed by atoms with Crippen molar-refractivity contribution in [2.45, 2.75) is 13.0 Å². The van der Waals surface area contributed by atoms with Crippen molar-refractivity contribution in [3.63, 3.8) is 0 Å². The molecule has 9 heteroatoms. The number of aryl methyl sites for hydroxylation is 1. The summed E-state index contributed by atoms with van der Waals surface area (Å²) in [5.74, 6) is -0.236. The van der Waals surface area contributed by atoms with Crippen LogP contribution in [0.4, 0.5) is 5.69 Å². The van der Waals surface area contributed by atoms with Crippen LogP contribution >= 0.6 is 11.3 Å². The van der Waals surface area contributed by atoms with E-state index in [1.807, 2.05) is 18.4 Å². The number of ketones is 1. The molecule has 1 unspecified atom stereocenters. The van der Waals surface area contributed by atoms with Crippen LogP contribution in [0.1, 0.15) is 22.0 Å². The maximum absolute atomic E-state index is 13.4. The highest BCUT2D eigenvalue weighted by molar-refractivity contribution is 7.10. The first kappa shape index (κ1) is 24.2. The summed E-state index contributed by atoms with van der Waals surface area (Å²) in [7, 11) is 5.96. The Morgan fingerprint density at radius 2 is 1.54 bits per heavy atom. The van der Waals surface area contributed by atoms with Crippen molar-refractivity contribution in [2.75, 3.05) is 33.3 Å². The van der Waals surface area contributed by atoms with Crippen LogP contribution in [0.2, 0.25) is 0 Å². The van der Waals surface area contributed by atoms with E-state index >= 15 is 0 Å². The summed E-state index contributed by atoms with van der Waals surface area (Å²) in [5.41, 5.74) is 1.48. The normalized spacial score (nSPS) is 16.9. The molecular formula is C26H25NO7S. The summed E-state index contributed by atoms with van der Waals surface area (Å²) in [6.07, 6.45) is 0. The molecular weight excluding hydrogens is 470 g/mol. The van der Waals surface area contributed by atoms with E-state index in [2.05, 4.69) is 0 Å². The summed E-state index contributed by atoms with van der Waals surface area (Å²) in [6, 6.07) is 10.9. The Hall–Kier alpha value is -3.98. The van der Waals surface area contributed by atoms with Crippen LogP contribution < -0.4 is 23.8 Å². The van der Waals surface area contributed by atoms with Crippen LogP contribution in [0.15, 0.2) is 53.4 Å². The Morgan fingerprint density at radius 1 is 0.886 bits per heavy atom. The van der Waals surface area contributed by atoms with Crippen molar-refractivity contribution in [1.29, 1.82) is 0 Å². The van der Waals surface area contributed by atoms with E-state index in [4.69, 9.17) is 18.9 Å². The molecule has 182 valence electrons. The fourth-order valence-corrected chi connectivity index (χ4v) is 5.11. The molecule has 35 heavy (non-hydrogen) atoms. The van der Waals surface area contributed by atoms with E-state index in [1.165, 1.54) is 44.7 Å². The standard InChI is InChI=1S/C26H25NO7S/c1-14-8-9-35-25(14)22-21(23(28)19-13-16(31-2)6-7-20(19)34-5)24(29)26(30)27(22)15-10-17(32-3)12-18(11-15)33-4/h6-13,22,28H,1-5H3/b23-21-. The number of carbonyl (C=O) groups excluding carboxylic acids is 2. The number of thiophene rings is 1. The predicted molar refractivity (Wildman–Crippen MR) is 133 cm³/mol. The van der Waals surface area contributed by atoms with E-state index in [1.54, 1.807) is 36.4 Å². The van der Waals surface area contributed by atoms with Crippen molar-refractivity contribution in [1.82, 2.24) is 0 Å². The number of nitrogens with zero attached hydrogens (tertiary/aromatic N) is 1. The Labute approximate surface area is 206 Å². The third-order valence-electron chi connectivity index (χ3n) is 5.87. The molecule has 0 saturated carbocycles. The first-order valence-electron chi connectivity index (χ1n) is 10.6. The van der Waals surface area contributed by atoms with Gasteiger partial charge >= 0.3 is 0 Å². The molecule has 1 fully saturated rings. The van der Waals surface area contributed by atoms with E-state index in [-0.39, 0.29) is 16.9 Å². The second kappa shape index (κ2) is 9.71. The molecule has 1 N–H and O–H groups in total. The number of aliphatic hydroxyl groups excluding tert-OH is 1. The second-order valence-corrected chi connectivity index (χ2v) is 8.72. The first-order chi connectivity index (χ1) is 16.8. The number of benzene rings is 2. The molecule has 1 amide bonds. The fraction of sp³-hybridized carbons (Fsp3) is 0.231. The van der Waals surface area contributed by atoms with Gasteiger partial charge in [-0.2, -0.15) is 0 Å². The quantitative estimate of drug-likeness (QED) is 0.288. The molecule has 1 aliphatic rings. The minimum absolute atomic E-state index is 0.0473. The number of Topliss-reactive ketones (excluding diaryl/α,β-unsaturated/α-hetero) is 1. The van der Waals surface area contributed by atoms with Crippen molar-refractivity contribution in [3.05, 3.63) is 69.4 Å². The van der Waals surface area contributed by atoms with Crippen LogP contribution in [0.5, 0.6) is 23.0 Å². The van der Waals surface area contributed by atoms with Gasteiger partial charge in [-0.25, -0.2) is 0 Å². The van der Waals surface area contributed by atoms with E-state index in [0.717, 1.165) is 10.4 Å². The summed E-state index contributed by atoms with van der Waals surface area (Å²) >= 11 is 1.39. The number of carbonyl (C=O) groups is 2. The molecule has 0 aliphatic carbocycles. The Bertz CT molecular complexity index is 1300. The summed E-state index contributed by atoms with van der Waals surface area (Å²) in [4.78, 5) is 29.0. The SMILES string of the molecule is COc1cc(OC)cc(N2C(=O)C(=O)/C(=C(\O)c3cc(OC)ccc3OC)C2c2sccc2C)c1. The zero-order valence-corrected chi connectivity index (χ0v) is 20.8. The highest BCUT2D eigenvalue weighted by atomic mass is 32.1. The average molecular weight is 496 g/mol. The molecule has 1 aliphatic heterocycles. The van der Waals surface area contributed by atoms with Crippen LogP contribution in [-0.2, 0) is 9.59 Å². The zero-order chi connectivity index (χ0) is 25.3. The van der Waals surface area contributed by atoms with Gasteiger partial charge in [-0.15, -0.1) is 11.3 Å². The molecule has 4 rings (SSSR count). The molecule has 0 bridgehead atoms. The van der Waals surface area contributed by atoms with Gasteiger partial charge in [0.2, 0.25) is 0 Å². The minimum atomic E-state index is -0.872. The van der Waals surface area contributed by atoms with E-state index < -0.39 is 17.7 Å². The lowest BCUT2D eigenvalue weighted by Crippen LogP contribution is -2.29. The van der Waals surface area contributed by atoms with Gasteiger partial charge in [0.15, 0.2) is 0 Å². The number of methoxy groups -OCH3 is 4. The number of rotatable bonds is 7. The van der Waals surface area contributed by atoms with E-state index in [9.17, 15) is 14.7 Å². The molecule has 1 saturated heterocycles. The van der Waals surface area contributed by atoms with Gasteiger partial charge in [0.25, 0.3) is 11.7 Å². The number of hydrogen-bond acceptors (Lipinski definition) is 8. The smallest absolute Gasteiger partial charge is 0.300 e. The summed E-state index contributed by atoms with van der Waals surface area (Å²) < 4.78 is 21.5.